The molecule has 0 saturated carbocycles. The summed E-state index contributed by atoms with van der Waals surface area (Å²) >= 11 is 3.41. The third-order valence-corrected chi connectivity index (χ3v) is 3.12. The fraction of sp³-hybridized carbons (Fsp3) is 0.200. The van der Waals surface area contributed by atoms with E-state index in [2.05, 4.69) is 21.0 Å². The molecule has 0 bridgehead atoms. The van der Waals surface area contributed by atoms with Crippen molar-refractivity contribution in [3.63, 3.8) is 0 Å². The van der Waals surface area contributed by atoms with Crippen molar-refractivity contribution in [2.45, 2.75) is 6.42 Å². The fourth-order valence-electron chi connectivity index (χ4n) is 1.50. The molecule has 0 spiro atoms. The SMILES string of the molecule is Cn1nc2cc(CC(=O)O)ccc2c1Br. The van der Waals surface area contributed by atoms with Gasteiger partial charge in [-0.1, -0.05) is 6.07 Å². The van der Waals surface area contributed by atoms with Crippen molar-refractivity contribution in [3.05, 3.63) is 28.4 Å². The quantitative estimate of drug-likeness (QED) is 0.906. The first-order chi connectivity index (χ1) is 7.08. The number of carboxylic acids is 1. The van der Waals surface area contributed by atoms with Crippen molar-refractivity contribution in [1.82, 2.24) is 9.78 Å². The van der Waals surface area contributed by atoms with E-state index in [0.29, 0.717) is 0 Å². The normalized spacial score (nSPS) is 10.8. The molecule has 1 aromatic heterocycles. The molecular formula is C10H9BrN2O2. The van der Waals surface area contributed by atoms with Crippen molar-refractivity contribution in [1.29, 1.82) is 0 Å². The van der Waals surface area contributed by atoms with E-state index in [0.717, 1.165) is 21.1 Å². The minimum atomic E-state index is -0.829. The van der Waals surface area contributed by atoms with Crippen molar-refractivity contribution < 1.29 is 9.90 Å². The van der Waals surface area contributed by atoms with Crippen molar-refractivity contribution in [2.24, 2.45) is 7.05 Å². The van der Waals surface area contributed by atoms with Crippen LogP contribution in [-0.2, 0) is 18.3 Å². The summed E-state index contributed by atoms with van der Waals surface area (Å²) in [5.41, 5.74) is 1.57. The van der Waals surface area contributed by atoms with Gasteiger partial charge in [0.1, 0.15) is 4.60 Å². The van der Waals surface area contributed by atoms with E-state index < -0.39 is 5.97 Å². The number of nitrogens with zero attached hydrogens (tertiary/aromatic N) is 2. The lowest BCUT2D eigenvalue weighted by Crippen LogP contribution is -1.99. The highest BCUT2D eigenvalue weighted by Gasteiger charge is 2.07. The maximum absolute atomic E-state index is 10.5. The summed E-state index contributed by atoms with van der Waals surface area (Å²) in [5, 5.41) is 13.9. The van der Waals surface area contributed by atoms with Crippen LogP contribution in [0.1, 0.15) is 5.56 Å². The summed E-state index contributed by atoms with van der Waals surface area (Å²) in [7, 11) is 1.83. The average Bonchev–Trinajstić information content (AvgIpc) is 2.41. The van der Waals surface area contributed by atoms with Crippen molar-refractivity contribution in [2.75, 3.05) is 0 Å². The number of fused-ring (bicyclic) bond motifs is 1. The summed E-state index contributed by atoms with van der Waals surface area (Å²) in [6.45, 7) is 0. The van der Waals surface area contributed by atoms with Gasteiger partial charge in [0.25, 0.3) is 0 Å². The van der Waals surface area contributed by atoms with Crippen LogP contribution < -0.4 is 0 Å². The molecule has 2 aromatic rings. The van der Waals surface area contributed by atoms with Crippen LogP contribution in [0.15, 0.2) is 22.8 Å². The Balaban J connectivity index is 2.52. The molecule has 1 aromatic carbocycles. The monoisotopic (exact) mass is 268 g/mol. The minimum Gasteiger partial charge on any atom is -0.481 e. The van der Waals surface area contributed by atoms with Gasteiger partial charge in [-0.2, -0.15) is 5.10 Å². The van der Waals surface area contributed by atoms with E-state index >= 15 is 0 Å². The molecule has 0 atom stereocenters. The molecule has 0 aliphatic rings. The molecule has 5 heteroatoms. The van der Waals surface area contributed by atoms with Gasteiger partial charge in [0.15, 0.2) is 0 Å². The Kier molecular flexibility index (Phi) is 2.48. The van der Waals surface area contributed by atoms with E-state index in [-0.39, 0.29) is 6.42 Å². The Hall–Kier alpha value is -1.36. The molecule has 0 unspecified atom stereocenters. The lowest BCUT2D eigenvalue weighted by molar-refractivity contribution is -0.136. The molecule has 0 aliphatic heterocycles. The summed E-state index contributed by atoms with van der Waals surface area (Å²) < 4.78 is 2.62. The zero-order valence-electron chi connectivity index (χ0n) is 8.07. The molecule has 78 valence electrons. The number of halogens is 1. The molecule has 1 N–H and O–H groups in total. The van der Waals surface area contributed by atoms with Gasteiger partial charge in [0.05, 0.1) is 11.9 Å². The second-order valence-corrected chi connectivity index (χ2v) is 4.09. The number of aliphatic carboxylic acids is 1. The van der Waals surface area contributed by atoms with Gasteiger partial charge < -0.3 is 5.11 Å². The van der Waals surface area contributed by atoms with Crippen LogP contribution >= 0.6 is 15.9 Å². The number of benzene rings is 1. The van der Waals surface area contributed by atoms with Gasteiger partial charge in [-0.25, -0.2) is 0 Å². The number of carbonyl (C=O) groups is 1. The standard InChI is InChI=1S/C10H9BrN2O2/c1-13-10(11)7-3-2-6(5-9(14)15)4-8(7)12-13/h2-4H,5H2,1H3,(H,14,15). The zero-order chi connectivity index (χ0) is 11.0. The van der Waals surface area contributed by atoms with Crippen LogP contribution in [-0.4, -0.2) is 20.9 Å². The number of hydrogen-bond donors (Lipinski definition) is 1. The highest BCUT2D eigenvalue weighted by Crippen LogP contribution is 2.23. The van der Waals surface area contributed by atoms with Crippen LogP contribution in [0.25, 0.3) is 10.9 Å². The number of aryl methyl sites for hydroxylation is 1. The number of aromatic nitrogens is 2. The zero-order valence-corrected chi connectivity index (χ0v) is 9.65. The van der Waals surface area contributed by atoms with Gasteiger partial charge >= 0.3 is 5.97 Å². The maximum Gasteiger partial charge on any atom is 0.307 e. The molecule has 0 radical (unpaired) electrons. The molecule has 4 nitrogen and oxygen atoms in total. The van der Waals surface area contributed by atoms with Crippen LogP contribution in [0.3, 0.4) is 0 Å². The molecule has 1 heterocycles. The van der Waals surface area contributed by atoms with Crippen LogP contribution in [0, 0.1) is 0 Å². The first-order valence-corrected chi connectivity index (χ1v) is 5.20. The van der Waals surface area contributed by atoms with Crippen molar-refractivity contribution in [3.8, 4) is 0 Å². The average molecular weight is 269 g/mol. The molecule has 2 rings (SSSR count). The predicted molar refractivity (Wildman–Crippen MR) is 59.8 cm³/mol. The Labute approximate surface area is 94.6 Å². The van der Waals surface area contributed by atoms with Crippen LogP contribution in [0.4, 0.5) is 0 Å². The lowest BCUT2D eigenvalue weighted by atomic mass is 10.1. The molecule has 0 saturated heterocycles. The van der Waals surface area contributed by atoms with E-state index in [1.54, 1.807) is 10.7 Å². The van der Waals surface area contributed by atoms with Crippen LogP contribution in [0.2, 0.25) is 0 Å². The topological polar surface area (TPSA) is 55.1 Å². The summed E-state index contributed by atoms with van der Waals surface area (Å²) in [6.07, 6.45) is 0.0319. The molecular weight excluding hydrogens is 260 g/mol. The van der Waals surface area contributed by atoms with E-state index in [1.165, 1.54) is 0 Å². The Bertz CT molecular complexity index is 533. The maximum atomic E-state index is 10.5. The van der Waals surface area contributed by atoms with Gasteiger partial charge in [-0.05, 0) is 33.6 Å². The first-order valence-electron chi connectivity index (χ1n) is 4.41. The van der Waals surface area contributed by atoms with Gasteiger partial charge in [-0.3, -0.25) is 9.48 Å². The van der Waals surface area contributed by atoms with E-state index in [4.69, 9.17) is 5.11 Å². The summed E-state index contributed by atoms with van der Waals surface area (Å²) in [4.78, 5) is 10.5. The largest absolute Gasteiger partial charge is 0.481 e. The Morgan fingerprint density at radius 1 is 1.60 bits per heavy atom. The molecule has 0 amide bonds. The van der Waals surface area contributed by atoms with Gasteiger partial charge in [0, 0.05) is 12.4 Å². The Morgan fingerprint density at radius 2 is 2.33 bits per heavy atom. The van der Waals surface area contributed by atoms with E-state index in [9.17, 15) is 4.79 Å². The number of rotatable bonds is 2. The van der Waals surface area contributed by atoms with Crippen LogP contribution in [0.5, 0.6) is 0 Å². The summed E-state index contributed by atoms with van der Waals surface area (Å²) in [6, 6.07) is 5.49. The van der Waals surface area contributed by atoms with Gasteiger partial charge in [0.2, 0.25) is 0 Å². The minimum absolute atomic E-state index is 0.0319. The molecule has 0 aliphatic carbocycles. The first kappa shape index (κ1) is 10.2. The second-order valence-electron chi connectivity index (χ2n) is 3.34. The third-order valence-electron chi connectivity index (χ3n) is 2.18. The predicted octanol–water partition coefficient (Wildman–Crippen LogP) is 1.96. The number of carboxylic acid groups (broad SMARTS) is 1. The fourth-order valence-corrected chi connectivity index (χ4v) is 1.91. The molecule has 15 heavy (non-hydrogen) atoms. The highest BCUT2D eigenvalue weighted by atomic mass is 79.9. The lowest BCUT2D eigenvalue weighted by Gasteiger charge is -1.95. The number of hydrogen-bond acceptors (Lipinski definition) is 2. The molecule has 0 fully saturated rings. The Morgan fingerprint density at radius 3 is 3.00 bits per heavy atom. The summed E-state index contributed by atoms with van der Waals surface area (Å²) in [5.74, 6) is -0.829. The smallest absolute Gasteiger partial charge is 0.307 e. The highest BCUT2D eigenvalue weighted by molar-refractivity contribution is 9.10. The van der Waals surface area contributed by atoms with Gasteiger partial charge in [-0.15, -0.1) is 0 Å². The third kappa shape index (κ3) is 1.87. The second kappa shape index (κ2) is 3.66. The van der Waals surface area contributed by atoms with Crippen molar-refractivity contribution >= 4 is 32.8 Å². The van der Waals surface area contributed by atoms with E-state index in [1.807, 2.05) is 19.2 Å².